The van der Waals surface area contributed by atoms with Crippen LogP contribution in [0.15, 0.2) is 36.9 Å². The Bertz CT molecular complexity index is 1500. The molecule has 0 unspecified atom stereocenters. The summed E-state index contributed by atoms with van der Waals surface area (Å²) < 4.78 is 29.1. The molecule has 0 saturated carbocycles. The van der Waals surface area contributed by atoms with E-state index in [9.17, 15) is 4.39 Å². The lowest BCUT2D eigenvalue weighted by atomic mass is 10.0. The Morgan fingerprint density at radius 2 is 1.85 bits per heavy atom. The molecule has 0 aromatic carbocycles. The Morgan fingerprint density at radius 3 is 2.68 bits per heavy atom. The topological polar surface area (TPSA) is 108 Å². The maximum absolute atomic E-state index is 12.6. The normalized spacial score (nSPS) is 18.1. The number of piperidine rings is 1. The molecule has 0 amide bonds. The van der Waals surface area contributed by atoms with Crippen molar-refractivity contribution in [2.24, 2.45) is 7.05 Å². The first-order valence-electron chi connectivity index (χ1n) is 14.2. The molecular formula is C29H36FN9O2. The number of pyridine rings is 1. The predicted octanol–water partition coefficient (Wildman–Crippen LogP) is 4.73. The number of aryl methyl sites for hydroxylation is 1. The van der Waals surface area contributed by atoms with Crippen LogP contribution in [0.5, 0.6) is 11.6 Å². The highest BCUT2D eigenvalue weighted by Gasteiger charge is 2.25. The zero-order chi connectivity index (χ0) is 28.3. The summed E-state index contributed by atoms with van der Waals surface area (Å²) in [4.78, 5) is 16.2. The molecule has 2 aliphatic rings. The van der Waals surface area contributed by atoms with Crippen molar-refractivity contribution in [2.75, 3.05) is 38.2 Å². The van der Waals surface area contributed by atoms with Crippen LogP contribution in [0.3, 0.4) is 0 Å². The van der Waals surface area contributed by atoms with Crippen LogP contribution in [-0.4, -0.2) is 78.4 Å². The van der Waals surface area contributed by atoms with Crippen LogP contribution in [0.2, 0.25) is 0 Å². The maximum atomic E-state index is 12.6. The van der Waals surface area contributed by atoms with Crippen molar-refractivity contribution in [3.63, 3.8) is 0 Å². The summed E-state index contributed by atoms with van der Waals surface area (Å²) in [5.41, 5.74) is 3.68. The summed E-state index contributed by atoms with van der Waals surface area (Å²) in [6.45, 7) is 7.06. The molecule has 41 heavy (non-hydrogen) atoms. The SMILES string of the molecule is Cc1c(-c2cnc3cc2O[C@@H](C)CCOc2c(cnn2C)-c2nccc(n2)N3)cnn1C1CCN(CCCF)CC1. The zero-order valence-electron chi connectivity index (χ0n) is 23.8. The number of rotatable bonds is 5. The van der Waals surface area contributed by atoms with Crippen molar-refractivity contribution in [2.45, 2.75) is 51.7 Å². The van der Waals surface area contributed by atoms with Gasteiger partial charge in [0.25, 0.3) is 0 Å². The number of anilines is 2. The van der Waals surface area contributed by atoms with Gasteiger partial charge in [-0.1, -0.05) is 0 Å². The van der Waals surface area contributed by atoms with E-state index in [1.54, 1.807) is 23.1 Å². The number of halogens is 1. The van der Waals surface area contributed by atoms with Crippen LogP contribution in [-0.2, 0) is 7.05 Å². The second-order valence-electron chi connectivity index (χ2n) is 10.7. The molecule has 1 N–H and O–H groups in total. The summed E-state index contributed by atoms with van der Waals surface area (Å²) in [6, 6.07) is 4.02. The lowest BCUT2D eigenvalue weighted by molar-refractivity contribution is 0.172. The molecule has 12 heteroatoms. The largest absolute Gasteiger partial charge is 0.490 e. The fourth-order valence-electron chi connectivity index (χ4n) is 5.57. The fraction of sp³-hybridized carbons (Fsp3) is 0.483. The predicted molar refractivity (Wildman–Crippen MR) is 153 cm³/mol. The summed E-state index contributed by atoms with van der Waals surface area (Å²) in [5.74, 6) is 3.06. The average Bonchev–Trinajstić information content (AvgIpc) is 3.54. The highest BCUT2D eigenvalue weighted by molar-refractivity contribution is 5.74. The molecule has 0 radical (unpaired) electrons. The first-order chi connectivity index (χ1) is 20.0. The van der Waals surface area contributed by atoms with E-state index >= 15 is 0 Å². The molecule has 216 valence electrons. The van der Waals surface area contributed by atoms with Gasteiger partial charge >= 0.3 is 0 Å². The standard InChI is InChI=1S/C29H36FN9O2/c1-19-8-14-40-29-24(18-33-37(29)3)28-31-10-5-26(36-28)35-27-15-25(41-19)23(16-32-27)22-17-34-39(20(22)2)21-6-12-38(13-7-21)11-4-9-30/h5,10,15-19,21H,4,6-9,11-14H2,1-3H3,(H,31,32,35,36)/t19-/m0/s1. The molecule has 0 aliphatic carbocycles. The molecule has 11 nitrogen and oxygen atoms in total. The third-order valence-corrected chi connectivity index (χ3v) is 7.84. The molecule has 6 heterocycles. The van der Waals surface area contributed by atoms with Gasteiger partial charge in [0.2, 0.25) is 5.88 Å². The number of likely N-dealkylation sites (tertiary alicyclic amines) is 1. The van der Waals surface area contributed by atoms with Gasteiger partial charge in [-0.3, -0.25) is 9.07 Å². The highest BCUT2D eigenvalue weighted by Crippen LogP contribution is 2.37. The van der Waals surface area contributed by atoms with Crippen molar-refractivity contribution in [3.05, 3.63) is 42.6 Å². The molecule has 0 spiro atoms. The van der Waals surface area contributed by atoms with Crippen molar-refractivity contribution in [1.29, 1.82) is 0 Å². The van der Waals surface area contributed by atoms with Gasteiger partial charge < -0.3 is 19.7 Å². The van der Waals surface area contributed by atoms with Gasteiger partial charge in [0, 0.05) is 68.4 Å². The van der Waals surface area contributed by atoms with Gasteiger partial charge in [-0.25, -0.2) is 19.6 Å². The van der Waals surface area contributed by atoms with Crippen LogP contribution in [0.25, 0.3) is 22.5 Å². The number of alkyl halides is 1. The van der Waals surface area contributed by atoms with Gasteiger partial charge in [-0.05, 0) is 39.2 Å². The Kier molecular flexibility index (Phi) is 7.82. The lowest BCUT2D eigenvalue weighted by Crippen LogP contribution is -2.35. The van der Waals surface area contributed by atoms with Gasteiger partial charge in [0.05, 0.1) is 37.8 Å². The van der Waals surface area contributed by atoms with Crippen LogP contribution in [0.4, 0.5) is 16.0 Å². The third kappa shape index (κ3) is 5.74. The Labute approximate surface area is 238 Å². The molecule has 1 saturated heterocycles. The van der Waals surface area contributed by atoms with Crippen molar-refractivity contribution < 1.29 is 13.9 Å². The minimum Gasteiger partial charge on any atom is -0.490 e. The molecule has 4 aromatic rings. The maximum Gasteiger partial charge on any atom is 0.222 e. The number of ether oxygens (including phenoxy) is 2. The zero-order valence-corrected chi connectivity index (χ0v) is 23.8. The monoisotopic (exact) mass is 561 g/mol. The number of aromatic nitrogens is 7. The van der Waals surface area contributed by atoms with Crippen LogP contribution >= 0.6 is 0 Å². The summed E-state index contributed by atoms with van der Waals surface area (Å²) >= 11 is 0. The van der Waals surface area contributed by atoms with E-state index in [-0.39, 0.29) is 12.8 Å². The van der Waals surface area contributed by atoms with E-state index in [0.717, 1.165) is 54.9 Å². The first kappa shape index (κ1) is 27.1. The van der Waals surface area contributed by atoms with Gasteiger partial charge in [-0.2, -0.15) is 10.2 Å². The Morgan fingerprint density at radius 1 is 1.02 bits per heavy atom. The fourth-order valence-corrected chi connectivity index (χ4v) is 5.57. The quantitative estimate of drug-likeness (QED) is 0.370. The number of nitrogens with one attached hydrogen (secondary N) is 1. The Balaban J connectivity index is 1.29. The minimum absolute atomic E-state index is 0.123. The lowest BCUT2D eigenvalue weighted by Gasteiger charge is -2.32. The Hall–Kier alpha value is -4.06. The molecule has 1 atom stereocenters. The highest BCUT2D eigenvalue weighted by atomic mass is 19.1. The van der Waals surface area contributed by atoms with Crippen molar-refractivity contribution in [3.8, 4) is 34.1 Å². The summed E-state index contributed by atoms with van der Waals surface area (Å²) in [6.07, 6.45) is 10.3. The molecule has 1 fully saturated rings. The number of hydrogen-bond acceptors (Lipinski definition) is 9. The summed E-state index contributed by atoms with van der Waals surface area (Å²) in [5, 5.41) is 12.4. The molecule has 6 rings (SSSR count). The van der Waals surface area contributed by atoms with E-state index in [1.807, 2.05) is 32.4 Å². The van der Waals surface area contributed by atoms with E-state index < -0.39 is 0 Å². The third-order valence-electron chi connectivity index (χ3n) is 7.84. The first-order valence-corrected chi connectivity index (χ1v) is 14.2. The van der Waals surface area contributed by atoms with Crippen LogP contribution in [0.1, 0.15) is 44.3 Å². The number of fused-ring (bicyclic) bond motifs is 6. The van der Waals surface area contributed by atoms with Crippen molar-refractivity contribution >= 4 is 11.6 Å². The second-order valence-corrected chi connectivity index (χ2v) is 10.7. The number of nitrogens with zero attached hydrogens (tertiary/aromatic N) is 8. The van der Waals surface area contributed by atoms with Crippen molar-refractivity contribution in [1.82, 2.24) is 39.4 Å². The van der Waals surface area contributed by atoms with E-state index in [0.29, 0.717) is 54.6 Å². The average molecular weight is 562 g/mol. The second kappa shape index (κ2) is 11.8. The van der Waals surface area contributed by atoms with E-state index in [1.165, 1.54) is 0 Å². The number of hydrogen-bond donors (Lipinski definition) is 1. The van der Waals surface area contributed by atoms with E-state index in [4.69, 9.17) is 19.6 Å². The molecule has 4 aromatic heterocycles. The molecule has 2 aliphatic heterocycles. The van der Waals surface area contributed by atoms with Gasteiger partial charge in [-0.15, -0.1) is 0 Å². The summed E-state index contributed by atoms with van der Waals surface area (Å²) in [7, 11) is 1.84. The van der Waals surface area contributed by atoms with Gasteiger partial charge in [0.15, 0.2) is 5.82 Å². The molecular weight excluding hydrogens is 525 g/mol. The van der Waals surface area contributed by atoms with Crippen LogP contribution in [0, 0.1) is 6.92 Å². The van der Waals surface area contributed by atoms with E-state index in [2.05, 4.69) is 36.9 Å². The minimum atomic E-state index is -0.259. The van der Waals surface area contributed by atoms with Crippen LogP contribution < -0.4 is 14.8 Å². The van der Waals surface area contributed by atoms with Gasteiger partial charge in [0.1, 0.15) is 22.9 Å². The molecule has 4 bridgehead atoms. The smallest absolute Gasteiger partial charge is 0.222 e.